The quantitative estimate of drug-likeness (QED) is 0.189. The van der Waals surface area contributed by atoms with Crippen LogP contribution >= 0.6 is 0 Å². The van der Waals surface area contributed by atoms with Gasteiger partial charge in [-0.2, -0.15) is 0 Å². The Morgan fingerprint density at radius 2 is 1.24 bits per heavy atom. The van der Waals surface area contributed by atoms with Gasteiger partial charge < -0.3 is 17.5 Å². The molecule has 4 heteroatoms. The van der Waals surface area contributed by atoms with Crippen LogP contribution in [0.5, 0.6) is 0 Å². The minimum absolute atomic E-state index is 0. The maximum Gasteiger partial charge on any atom is 0.201 e. The van der Waals surface area contributed by atoms with E-state index in [1.165, 1.54) is 121 Å². The Kier molecular flexibility index (Phi) is 18.6. The molecule has 196 valence electrons. The molecular formula is C30H53ClN2O. The van der Waals surface area contributed by atoms with Gasteiger partial charge in [-0.15, -0.1) is 0 Å². The van der Waals surface area contributed by atoms with Crippen molar-refractivity contribution in [2.75, 3.05) is 26.2 Å². The van der Waals surface area contributed by atoms with Crippen LogP contribution in [0.3, 0.4) is 0 Å². The molecule has 34 heavy (non-hydrogen) atoms. The normalized spacial score (nSPS) is 17.5. The average molecular weight is 493 g/mol. The molecule has 0 aromatic heterocycles. The van der Waals surface area contributed by atoms with Gasteiger partial charge in [0.25, 0.3) is 0 Å². The maximum absolute atomic E-state index is 9.55. The smallest absolute Gasteiger partial charge is 0.201 e. The van der Waals surface area contributed by atoms with Gasteiger partial charge in [0.2, 0.25) is 5.84 Å². The molecule has 0 aliphatic carbocycles. The van der Waals surface area contributed by atoms with Crippen LogP contribution in [-0.2, 0) is 6.54 Å². The Bertz CT molecular complexity index is 621. The fraction of sp³-hybridized carbons (Fsp3) is 0.767. The van der Waals surface area contributed by atoms with Crippen LogP contribution < -0.4 is 12.4 Å². The minimum atomic E-state index is 0. The highest BCUT2D eigenvalue weighted by molar-refractivity contribution is 5.77. The predicted octanol–water partition coefficient (Wildman–Crippen LogP) is 5.06. The van der Waals surface area contributed by atoms with Crippen LogP contribution in [0, 0.1) is 0 Å². The summed E-state index contributed by atoms with van der Waals surface area (Å²) in [5.41, 5.74) is 1.39. The molecule has 1 N–H and O–H groups in total. The number of hydrogen-bond donors (Lipinski definition) is 1. The molecule has 1 aromatic carbocycles. The number of unbranched alkanes of at least 4 members (excludes halogenated alkanes) is 15. The lowest BCUT2D eigenvalue weighted by Crippen LogP contribution is -3.00. The number of benzene rings is 1. The Labute approximate surface area is 217 Å². The van der Waals surface area contributed by atoms with Crippen molar-refractivity contribution in [2.24, 2.45) is 4.99 Å². The summed E-state index contributed by atoms with van der Waals surface area (Å²) in [6.45, 7) is 6.73. The number of quaternary nitrogens is 1. The summed E-state index contributed by atoms with van der Waals surface area (Å²) in [7, 11) is 0. The molecule has 0 spiro atoms. The lowest BCUT2D eigenvalue weighted by atomic mass is 10.0. The molecule has 1 aliphatic heterocycles. The van der Waals surface area contributed by atoms with E-state index in [0.29, 0.717) is 0 Å². The van der Waals surface area contributed by atoms with Gasteiger partial charge in [0.1, 0.15) is 13.1 Å². The highest BCUT2D eigenvalue weighted by Gasteiger charge is 2.37. The molecule has 0 saturated heterocycles. The van der Waals surface area contributed by atoms with Crippen molar-refractivity contribution in [1.82, 2.24) is 0 Å². The number of amidine groups is 1. The molecule has 0 saturated carbocycles. The van der Waals surface area contributed by atoms with Crippen LogP contribution in [0.15, 0.2) is 35.3 Å². The lowest BCUT2D eigenvalue weighted by molar-refractivity contribution is -0.850. The zero-order chi connectivity index (χ0) is 23.5. The van der Waals surface area contributed by atoms with Crippen molar-refractivity contribution >= 4 is 5.84 Å². The van der Waals surface area contributed by atoms with Crippen molar-refractivity contribution in [3.05, 3.63) is 35.9 Å². The number of aliphatic hydroxyl groups excluding tert-OH is 1. The van der Waals surface area contributed by atoms with E-state index in [9.17, 15) is 5.11 Å². The molecule has 0 amide bonds. The highest BCUT2D eigenvalue weighted by Crippen LogP contribution is 2.24. The molecule has 1 unspecified atom stereocenters. The van der Waals surface area contributed by atoms with Gasteiger partial charge in [-0.3, -0.25) is 4.48 Å². The van der Waals surface area contributed by atoms with Crippen LogP contribution in [0.4, 0.5) is 0 Å². The zero-order valence-corrected chi connectivity index (χ0v) is 22.9. The third-order valence-electron chi connectivity index (χ3n) is 7.47. The van der Waals surface area contributed by atoms with Gasteiger partial charge in [0.05, 0.1) is 26.1 Å². The van der Waals surface area contributed by atoms with Crippen LogP contribution in [0.1, 0.15) is 122 Å². The first-order valence-electron chi connectivity index (χ1n) is 14.4. The van der Waals surface area contributed by atoms with Crippen molar-refractivity contribution in [2.45, 2.75) is 123 Å². The van der Waals surface area contributed by atoms with Gasteiger partial charge in [-0.25, -0.2) is 4.99 Å². The second-order valence-electron chi connectivity index (χ2n) is 10.3. The summed E-state index contributed by atoms with van der Waals surface area (Å²) in [4.78, 5) is 4.80. The fourth-order valence-corrected chi connectivity index (χ4v) is 5.45. The van der Waals surface area contributed by atoms with Gasteiger partial charge in [0.15, 0.2) is 0 Å². The summed E-state index contributed by atoms with van der Waals surface area (Å²) >= 11 is 0. The van der Waals surface area contributed by atoms with Crippen LogP contribution in [-0.4, -0.2) is 41.7 Å². The first-order valence-corrected chi connectivity index (χ1v) is 14.4. The molecule has 1 aliphatic rings. The Morgan fingerprint density at radius 1 is 0.735 bits per heavy atom. The summed E-state index contributed by atoms with van der Waals surface area (Å²) < 4.78 is 0.975. The summed E-state index contributed by atoms with van der Waals surface area (Å²) in [6, 6.07) is 10.8. The van der Waals surface area contributed by atoms with E-state index in [-0.39, 0.29) is 19.0 Å². The Hall–Kier alpha value is -0.900. The third-order valence-corrected chi connectivity index (χ3v) is 7.47. The Balaban J connectivity index is 0.00000578. The number of halogens is 1. The second kappa shape index (κ2) is 20.3. The van der Waals surface area contributed by atoms with E-state index in [4.69, 9.17) is 4.99 Å². The topological polar surface area (TPSA) is 32.6 Å². The van der Waals surface area contributed by atoms with Crippen LogP contribution in [0.2, 0.25) is 0 Å². The molecule has 0 radical (unpaired) electrons. The largest absolute Gasteiger partial charge is 1.00 e. The molecule has 3 nitrogen and oxygen atoms in total. The molecule has 1 aromatic rings. The fourth-order valence-electron chi connectivity index (χ4n) is 5.45. The van der Waals surface area contributed by atoms with Crippen molar-refractivity contribution in [3.63, 3.8) is 0 Å². The molecule has 2 rings (SSSR count). The summed E-state index contributed by atoms with van der Waals surface area (Å²) in [6.07, 6.45) is 23.3. The van der Waals surface area contributed by atoms with Crippen molar-refractivity contribution < 1.29 is 22.0 Å². The third kappa shape index (κ3) is 12.7. The van der Waals surface area contributed by atoms with E-state index in [1.807, 2.05) is 0 Å². The SMILES string of the molecule is CCCCCCCCCCCCCCCCCC[N+]1(Cc2ccccc2)CCN=C1CCO.[Cl-]. The average Bonchev–Trinajstić information content (AvgIpc) is 3.21. The van der Waals surface area contributed by atoms with E-state index >= 15 is 0 Å². The summed E-state index contributed by atoms with van der Waals surface area (Å²) in [5, 5.41) is 9.55. The van der Waals surface area contributed by atoms with E-state index in [2.05, 4.69) is 37.3 Å². The van der Waals surface area contributed by atoms with Crippen molar-refractivity contribution in [3.8, 4) is 0 Å². The number of rotatable bonds is 21. The van der Waals surface area contributed by atoms with Gasteiger partial charge in [-0.1, -0.05) is 127 Å². The van der Waals surface area contributed by atoms with E-state index < -0.39 is 0 Å². The highest BCUT2D eigenvalue weighted by atomic mass is 35.5. The maximum atomic E-state index is 9.55. The second-order valence-corrected chi connectivity index (χ2v) is 10.3. The van der Waals surface area contributed by atoms with Gasteiger partial charge in [-0.05, 0) is 12.8 Å². The lowest BCUT2D eigenvalue weighted by Gasteiger charge is -2.35. The van der Waals surface area contributed by atoms with Gasteiger partial charge in [0, 0.05) is 5.56 Å². The van der Waals surface area contributed by atoms with Crippen LogP contribution in [0.25, 0.3) is 0 Å². The standard InChI is InChI=1S/C30H53N2O.ClH/c1-2-3-4-5-6-7-8-9-10-11-12-13-14-15-16-20-25-32(26-24-31-30(32)23-27-33)28-29-21-18-17-19-22-29;/h17-19,21-22,33H,2-16,20,23-28H2,1H3;1H/q+1;/p-1. The molecule has 1 heterocycles. The summed E-state index contributed by atoms with van der Waals surface area (Å²) in [5.74, 6) is 1.22. The monoisotopic (exact) mass is 492 g/mol. The number of aliphatic hydroxyl groups is 1. The molecule has 0 fully saturated rings. The minimum Gasteiger partial charge on any atom is -1.00 e. The Morgan fingerprint density at radius 3 is 1.74 bits per heavy atom. The number of aliphatic imine (C=N–C) groups is 1. The predicted molar refractivity (Wildman–Crippen MR) is 144 cm³/mol. The molecule has 1 atom stereocenters. The first-order chi connectivity index (χ1) is 16.3. The number of nitrogens with zero attached hydrogens (tertiary/aromatic N) is 2. The molecular weight excluding hydrogens is 440 g/mol. The van der Waals surface area contributed by atoms with Gasteiger partial charge >= 0.3 is 0 Å². The zero-order valence-electron chi connectivity index (χ0n) is 22.2. The molecule has 0 bridgehead atoms. The van der Waals surface area contributed by atoms with E-state index in [0.717, 1.165) is 30.5 Å². The number of hydrogen-bond acceptors (Lipinski definition) is 2. The van der Waals surface area contributed by atoms with Crippen molar-refractivity contribution in [1.29, 1.82) is 0 Å². The first kappa shape index (κ1) is 31.1. The van der Waals surface area contributed by atoms with E-state index in [1.54, 1.807) is 0 Å².